The molecule has 0 radical (unpaired) electrons. The second kappa shape index (κ2) is 23.8. The summed E-state index contributed by atoms with van der Waals surface area (Å²) in [6.45, 7) is 13.8. The van der Waals surface area contributed by atoms with Gasteiger partial charge in [-0.1, -0.05) is 0 Å². The molecule has 0 saturated carbocycles. The molecule has 0 heterocycles. The molecule has 0 atom stereocenters. The van der Waals surface area contributed by atoms with Crippen molar-refractivity contribution in [1.82, 2.24) is 0 Å². The molecule has 0 nitrogen and oxygen atoms in total. The first-order chi connectivity index (χ1) is 3.83. The smallest absolute Gasteiger partial charge is 0.340 e. The molecule has 0 aromatic carbocycles. The molecule has 0 unspecified atom stereocenters. The van der Waals surface area contributed by atoms with Crippen LogP contribution in [0.15, 0.2) is 25.3 Å². The molecule has 0 rings (SSSR count). The van der Waals surface area contributed by atoms with Crippen molar-refractivity contribution in [3.8, 4) is 0 Å². The van der Waals surface area contributed by atoms with Crippen LogP contribution in [0.3, 0.4) is 0 Å². The Balaban J connectivity index is -0.0000000720. The van der Waals surface area contributed by atoms with Gasteiger partial charge in [-0.25, -0.2) is 0 Å². The summed E-state index contributed by atoms with van der Waals surface area (Å²) in [5.41, 5.74) is 0. The first-order valence-electron chi connectivity index (χ1n) is 2.63. The van der Waals surface area contributed by atoms with Crippen LogP contribution >= 0.6 is 0 Å². The Bertz CT molecular complexity index is 40.5. The summed E-state index contributed by atoms with van der Waals surface area (Å²) < 4.78 is 0. The average molecular weight is 223 g/mol. The van der Waals surface area contributed by atoms with Crippen LogP contribution in [-0.2, 0) is 27.3 Å². The largest absolute Gasteiger partial charge is 2.00 e. The van der Waals surface area contributed by atoms with Gasteiger partial charge in [0.25, 0.3) is 0 Å². The summed E-state index contributed by atoms with van der Waals surface area (Å²) in [5.74, 6) is 0. The molecule has 0 aliphatic rings. The second-order valence-electron chi connectivity index (χ2n) is 1.15. The summed E-state index contributed by atoms with van der Waals surface area (Å²) in [4.78, 5) is 0. The minimum atomic E-state index is 0. The Morgan fingerprint density at radius 3 is 1.11 bits per heavy atom. The fourth-order valence-corrected chi connectivity index (χ4v) is 0. The molecule has 48 valence electrons. The summed E-state index contributed by atoms with van der Waals surface area (Å²) in [5, 5.41) is 0. The van der Waals surface area contributed by atoms with Gasteiger partial charge < -0.3 is 13.8 Å². The first-order valence-corrected chi connectivity index (χ1v) is 2.63. The van der Waals surface area contributed by atoms with E-state index in [1.807, 2.05) is 0 Å². The molecular formula is C8H14Cd. The molecule has 0 spiro atoms. The van der Waals surface area contributed by atoms with Crippen LogP contribution in [0, 0.1) is 13.8 Å². The SMILES string of the molecule is C=CC[CH2-].C=CC[CH2-].[Cd+2]. The van der Waals surface area contributed by atoms with E-state index in [0.717, 1.165) is 12.8 Å². The number of allylic oxidation sites excluding steroid dienone is 2. The molecule has 0 N–H and O–H groups in total. The van der Waals surface area contributed by atoms with Crippen LogP contribution in [0.25, 0.3) is 0 Å². The monoisotopic (exact) mass is 224 g/mol. The number of hydrogen-bond acceptors (Lipinski definition) is 0. The van der Waals surface area contributed by atoms with Crippen LogP contribution < -0.4 is 0 Å². The summed E-state index contributed by atoms with van der Waals surface area (Å²) >= 11 is 0. The van der Waals surface area contributed by atoms with E-state index in [2.05, 4.69) is 27.0 Å². The van der Waals surface area contributed by atoms with Crippen molar-refractivity contribution < 1.29 is 27.3 Å². The maximum atomic E-state index is 3.49. The first kappa shape index (κ1) is 16.2. The second-order valence-corrected chi connectivity index (χ2v) is 1.15. The van der Waals surface area contributed by atoms with Gasteiger partial charge in [-0.05, 0) is 0 Å². The summed E-state index contributed by atoms with van der Waals surface area (Å²) in [7, 11) is 0. The van der Waals surface area contributed by atoms with Gasteiger partial charge in [0.1, 0.15) is 0 Å². The summed E-state index contributed by atoms with van der Waals surface area (Å²) in [6.07, 6.45) is 5.19. The fraction of sp³-hybridized carbons (Fsp3) is 0.250. The van der Waals surface area contributed by atoms with Crippen molar-refractivity contribution in [3.63, 3.8) is 0 Å². The van der Waals surface area contributed by atoms with Gasteiger partial charge in [0.15, 0.2) is 0 Å². The van der Waals surface area contributed by atoms with Crippen molar-refractivity contribution >= 4 is 0 Å². The van der Waals surface area contributed by atoms with E-state index in [9.17, 15) is 0 Å². The van der Waals surface area contributed by atoms with E-state index < -0.39 is 0 Å². The molecule has 0 aliphatic carbocycles. The van der Waals surface area contributed by atoms with Gasteiger partial charge in [-0.3, -0.25) is 0 Å². The molecule has 0 aliphatic heterocycles. The fourth-order valence-electron chi connectivity index (χ4n) is 0. The van der Waals surface area contributed by atoms with Gasteiger partial charge in [-0.15, -0.1) is 25.3 Å². The van der Waals surface area contributed by atoms with E-state index in [-0.39, 0.29) is 27.3 Å². The van der Waals surface area contributed by atoms with E-state index >= 15 is 0 Å². The third kappa shape index (κ3) is 59.7. The Labute approximate surface area is 79.2 Å². The molecule has 0 saturated heterocycles. The quantitative estimate of drug-likeness (QED) is 0.383. The molecule has 1 heteroatoms. The Hall–Kier alpha value is 0.402. The predicted octanol–water partition coefficient (Wildman–Crippen LogP) is 2.79. The molecule has 0 amide bonds. The zero-order valence-corrected chi connectivity index (χ0v) is 10.1. The van der Waals surface area contributed by atoms with Crippen molar-refractivity contribution in [1.29, 1.82) is 0 Å². The molecule has 0 bridgehead atoms. The summed E-state index contributed by atoms with van der Waals surface area (Å²) in [6, 6.07) is 0. The maximum absolute atomic E-state index is 3.49. The maximum Gasteiger partial charge on any atom is 2.00 e. The van der Waals surface area contributed by atoms with E-state index in [4.69, 9.17) is 0 Å². The van der Waals surface area contributed by atoms with Crippen LogP contribution in [0.2, 0.25) is 0 Å². The van der Waals surface area contributed by atoms with Crippen molar-refractivity contribution in [2.24, 2.45) is 0 Å². The van der Waals surface area contributed by atoms with E-state index in [1.54, 1.807) is 12.2 Å². The van der Waals surface area contributed by atoms with Crippen molar-refractivity contribution in [3.05, 3.63) is 39.2 Å². The number of rotatable bonds is 2. The Kier molecular flexibility index (Phi) is 42.7. The predicted molar refractivity (Wildman–Crippen MR) is 40.3 cm³/mol. The van der Waals surface area contributed by atoms with Crippen molar-refractivity contribution in [2.45, 2.75) is 12.8 Å². The number of hydrogen-bond donors (Lipinski definition) is 0. The van der Waals surface area contributed by atoms with Gasteiger partial charge in [0, 0.05) is 0 Å². The molecule has 0 aromatic rings. The Morgan fingerprint density at radius 2 is 1.11 bits per heavy atom. The standard InChI is InChI=1S/2C4H7.Cd/c2*1-3-4-2;/h2*3H,1-2,4H2;/q2*-1;+2. The Morgan fingerprint density at radius 1 is 1.00 bits per heavy atom. The molecule has 0 aromatic heterocycles. The topological polar surface area (TPSA) is 0 Å². The van der Waals surface area contributed by atoms with Gasteiger partial charge in [-0.2, -0.15) is 12.8 Å². The van der Waals surface area contributed by atoms with E-state index in [1.165, 1.54) is 0 Å². The van der Waals surface area contributed by atoms with Crippen LogP contribution in [-0.4, -0.2) is 0 Å². The van der Waals surface area contributed by atoms with Gasteiger partial charge in [0.05, 0.1) is 0 Å². The molecular weight excluding hydrogens is 208 g/mol. The third-order valence-electron chi connectivity index (χ3n) is 0.408. The average Bonchev–Trinajstić information content (AvgIpc) is 1.88. The van der Waals surface area contributed by atoms with Gasteiger partial charge in [0.2, 0.25) is 0 Å². The van der Waals surface area contributed by atoms with Crippen LogP contribution in [0.1, 0.15) is 12.8 Å². The van der Waals surface area contributed by atoms with Crippen LogP contribution in [0.4, 0.5) is 0 Å². The van der Waals surface area contributed by atoms with Crippen molar-refractivity contribution in [2.75, 3.05) is 0 Å². The normalized spacial score (nSPS) is 5.56. The molecule has 9 heavy (non-hydrogen) atoms. The van der Waals surface area contributed by atoms with Gasteiger partial charge >= 0.3 is 27.3 Å². The van der Waals surface area contributed by atoms with Crippen LogP contribution in [0.5, 0.6) is 0 Å². The zero-order chi connectivity index (χ0) is 6.83. The minimum Gasteiger partial charge on any atom is -0.340 e. The third-order valence-corrected chi connectivity index (χ3v) is 0.408. The van der Waals surface area contributed by atoms with E-state index in [0.29, 0.717) is 0 Å². The zero-order valence-electron chi connectivity index (χ0n) is 6.10. The molecule has 0 fully saturated rings. The minimum absolute atomic E-state index is 0.